The quantitative estimate of drug-likeness (QED) is 0.654. The van der Waals surface area contributed by atoms with Gasteiger partial charge in [0.05, 0.1) is 0 Å². The van der Waals surface area contributed by atoms with Crippen LogP contribution in [0.25, 0.3) is 0 Å². The Kier molecular flexibility index (Phi) is 8.62. The van der Waals surface area contributed by atoms with Crippen molar-refractivity contribution < 1.29 is 9.90 Å². The van der Waals surface area contributed by atoms with Crippen molar-refractivity contribution in [2.45, 2.75) is 64.5 Å². The van der Waals surface area contributed by atoms with Crippen molar-refractivity contribution in [2.75, 3.05) is 0 Å². The average Bonchev–Trinajstić information content (AvgIpc) is 2.48. The van der Waals surface area contributed by atoms with Crippen molar-refractivity contribution in [1.29, 1.82) is 0 Å². The van der Waals surface area contributed by atoms with Crippen molar-refractivity contribution in [1.82, 2.24) is 5.32 Å². The Bertz CT molecular complexity index is 419. The molecule has 2 atom stereocenters. The highest BCUT2D eigenvalue weighted by Gasteiger charge is 2.19. The van der Waals surface area contributed by atoms with E-state index in [4.69, 9.17) is 0 Å². The van der Waals surface area contributed by atoms with E-state index in [1.54, 1.807) is 0 Å². The van der Waals surface area contributed by atoms with E-state index < -0.39 is 12.0 Å². The van der Waals surface area contributed by atoms with E-state index >= 15 is 0 Å². The molecule has 1 aromatic carbocycles. The molecule has 0 radical (unpaired) electrons. The third-order valence-electron chi connectivity index (χ3n) is 3.77. The van der Waals surface area contributed by atoms with Crippen LogP contribution in [0.15, 0.2) is 28.7 Å². The molecule has 4 heteroatoms. The smallest absolute Gasteiger partial charge is 0.320 e. The lowest BCUT2D eigenvalue weighted by atomic mass is 10.0. The molecule has 2 N–H and O–H groups in total. The number of hydrogen-bond acceptors (Lipinski definition) is 2. The van der Waals surface area contributed by atoms with Crippen LogP contribution in [-0.2, 0) is 11.2 Å². The number of aryl methyl sites for hydroxylation is 1. The summed E-state index contributed by atoms with van der Waals surface area (Å²) in [5.74, 6) is -0.731. The molecule has 2 unspecified atom stereocenters. The number of benzene rings is 1. The Balaban J connectivity index is 2.49. The minimum absolute atomic E-state index is 0.256. The summed E-state index contributed by atoms with van der Waals surface area (Å²) in [6, 6.07) is 8.16. The molecule has 1 aromatic rings. The number of carboxylic acid groups (broad SMARTS) is 1. The van der Waals surface area contributed by atoms with Crippen LogP contribution in [0.5, 0.6) is 0 Å². The molecule has 0 fully saturated rings. The molecule has 3 nitrogen and oxygen atoms in total. The second-order valence-electron chi connectivity index (χ2n) is 5.47. The lowest BCUT2D eigenvalue weighted by Gasteiger charge is -2.22. The molecule has 0 aliphatic rings. The van der Waals surface area contributed by atoms with Crippen molar-refractivity contribution in [3.63, 3.8) is 0 Å². The Morgan fingerprint density at radius 1 is 1.24 bits per heavy atom. The minimum atomic E-state index is -0.731. The fourth-order valence-electron chi connectivity index (χ4n) is 2.37. The van der Waals surface area contributed by atoms with Crippen molar-refractivity contribution in [3.8, 4) is 0 Å². The Morgan fingerprint density at radius 3 is 2.43 bits per heavy atom. The van der Waals surface area contributed by atoms with Gasteiger partial charge in [0.15, 0.2) is 0 Å². The predicted octanol–water partition coefficient (Wildman–Crippen LogP) is 4.39. The summed E-state index contributed by atoms with van der Waals surface area (Å²) < 4.78 is 1.09. The molecule has 0 heterocycles. The Hall–Kier alpha value is -0.870. The molecule has 0 saturated heterocycles. The molecule has 21 heavy (non-hydrogen) atoms. The SMILES string of the molecule is CCCCC(NC(CC)CCc1ccc(Br)cc1)C(=O)O. The number of nitrogens with one attached hydrogen (secondary N) is 1. The molecule has 0 aliphatic heterocycles. The van der Waals surface area contributed by atoms with Gasteiger partial charge >= 0.3 is 5.97 Å². The minimum Gasteiger partial charge on any atom is -0.480 e. The second-order valence-corrected chi connectivity index (χ2v) is 6.39. The van der Waals surface area contributed by atoms with Crippen LogP contribution in [0.4, 0.5) is 0 Å². The number of halogens is 1. The number of aliphatic carboxylic acids is 1. The summed E-state index contributed by atoms with van der Waals surface area (Å²) in [7, 11) is 0. The maximum Gasteiger partial charge on any atom is 0.320 e. The predicted molar refractivity (Wildman–Crippen MR) is 90.6 cm³/mol. The zero-order chi connectivity index (χ0) is 15.7. The van der Waals surface area contributed by atoms with Crippen LogP contribution in [0.1, 0.15) is 51.5 Å². The summed E-state index contributed by atoms with van der Waals surface area (Å²) >= 11 is 3.43. The zero-order valence-corrected chi connectivity index (χ0v) is 14.5. The van der Waals surface area contributed by atoms with Gasteiger partial charge < -0.3 is 10.4 Å². The molecule has 1 rings (SSSR count). The van der Waals surface area contributed by atoms with Gasteiger partial charge in [-0.3, -0.25) is 4.79 Å². The van der Waals surface area contributed by atoms with Gasteiger partial charge in [-0.05, 0) is 43.4 Å². The van der Waals surface area contributed by atoms with Gasteiger partial charge in [-0.1, -0.05) is 54.8 Å². The fourth-order valence-corrected chi connectivity index (χ4v) is 2.63. The first-order valence-corrected chi connectivity index (χ1v) is 8.59. The lowest BCUT2D eigenvalue weighted by molar-refractivity contribution is -0.140. The first-order chi connectivity index (χ1) is 10.1. The van der Waals surface area contributed by atoms with Crippen LogP contribution >= 0.6 is 15.9 Å². The molecule has 0 saturated carbocycles. The molecule has 0 aromatic heterocycles. The Morgan fingerprint density at radius 2 is 1.90 bits per heavy atom. The van der Waals surface area contributed by atoms with Gasteiger partial charge in [0, 0.05) is 10.5 Å². The van der Waals surface area contributed by atoms with Crippen molar-refractivity contribution in [2.24, 2.45) is 0 Å². The van der Waals surface area contributed by atoms with E-state index in [-0.39, 0.29) is 6.04 Å². The first-order valence-electron chi connectivity index (χ1n) is 7.80. The maximum atomic E-state index is 11.3. The second kappa shape index (κ2) is 9.96. The third kappa shape index (κ3) is 7.09. The monoisotopic (exact) mass is 355 g/mol. The van der Waals surface area contributed by atoms with Crippen LogP contribution < -0.4 is 5.32 Å². The highest BCUT2D eigenvalue weighted by atomic mass is 79.9. The van der Waals surface area contributed by atoms with E-state index in [2.05, 4.69) is 47.2 Å². The van der Waals surface area contributed by atoms with Gasteiger partial charge in [0.1, 0.15) is 6.04 Å². The molecular formula is C17H26BrNO2. The summed E-state index contributed by atoms with van der Waals surface area (Å²) in [5, 5.41) is 12.6. The van der Waals surface area contributed by atoms with Gasteiger partial charge in [-0.2, -0.15) is 0 Å². The van der Waals surface area contributed by atoms with E-state index in [1.165, 1.54) is 5.56 Å². The molecule has 0 bridgehead atoms. The number of hydrogen-bond donors (Lipinski definition) is 2. The molecular weight excluding hydrogens is 330 g/mol. The summed E-state index contributed by atoms with van der Waals surface area (Å²) in [6.07, 6.45) is 5.58. The van der Waals surface area contributed by atoms with E-state index in [1.807, 2.05) is 12.1 Å². The summed E-state index contributed by atoms with van der Waals surface area (Å²) in [4.78, 5) is 11.3. The molecule has 0 amide bonds. The summed E-state index contributed by atoms with van der Waals surface area (Å²) in [5.41, 5.74) is 1.29. The highest BCUT2D eigenvalue weighted by molar-refractivity contribution is 9.10. The molecule has 0 aliphatic carbocycles. The van der Waals surface area contributed by atoms with Crippen LogP contribution in [0.3, 0.4) is 0 Å². The number of carbonyl (C=O) groups is 1. The Labute approximate surface area is 136 Å². The number of unbranched alkanes of at least 4 members (excludes halogenated alkanes) is 1. The largest absolute Gasteiger partial charge is 0.480 e. The van der Waals surface area contributed by atoms with E-state index in [0.717, 1.165) is 36.6 Å². The average molecular weight is 356 g/mol. The lowest BCUT2D eigenvalue weighted by Crippen LogP contribution is -2.43. The first kappa shape index (κ1) is 18.2. The van der Waals surface area contributed by atoms with Crippen LogP contribution in [-0.4, -0.2) is 23.2 Å². The molecule has 118 valence electrons. The van der Waals surface area contributed by atoms with Gasteiger partial charge in [0.25, 0.3) is 0 Å². The van der Waals surface area contributed by atoms with Crippen LogP contribution in [0, 0.1) is 0 Å². The van der Waals surface area contributed by atoms with Crippen molar-refractivity contribution in [3.05, 3.63) is 34.3 Å². The van der Waals surface area contributed by atoms with Gasteiger partial charge in [-0.25, -0.2) is 0 Å². The highest BCUT2D eigenvalue weighted by Crippen LogP contribution is 2.14. The number of carboxylic acids is 1. The van der Waals surface area contributed by atoms with E-state index in [9.17, 15) is 9.90 Å². The van der Waals surface area contributed by atoms with Crippen molar-refractivity contribution >= 4 is 21.9 Å². The standard InChI is InChI=1S/C17H26BrNO2/c1-3-5-6-16(17(20)21)19-15(4-2)12-9-13-7-10-14(18)11-8-13/h7-8,10-11,15-16,19H,3-6,9,12H2,1-2H3,(H,20,21). The molecule has 0 spiro atoms. The zero-order valence-electron chi connectivity index (χ0n) is 12.9. The van der Waals surface area contributed by atoms with Crippen LogP contribution in [0.2, 0.25) is 0 Å². The number of rotatable bonds is 10. The normalized spacial score (nSPS) is 13.9. The fraction of sp³-hybridized carbons (Fsp3) is 0.588. The van der Waals surface area contributed by atoms with Gasteiger partial charge in [0.2, 0.25) is 0 Å². The van der Waals surface area contributed by atoms with Gasteiger partial charge in [-0.15, -0.1) is 0 Å². The maximum absolute atomic E-state index is 11.3. The summed E-state index contributed by atoms with van der Waals surface area (Å²) in [6.45, 7) is 4.20. The third-order valence-corrected chi connectivity index (χ3v) is 4.30. The van der Waals surface area contributed by atoms with E-state index in [0.29, 0.717) is 6.42 Å². The topological polar surface area (TPSA) is 49.3 Å².